The molecule has 0 amide bonds. The number of nitrogens with one attached hydrogen (secondary N) is 1. The second-order valence-corrected chi connectivity index (χ2v) is 10.5. The number of alkyl halides is 3. The number of rotatable bonds is 3. The van der Waals surface area contributed by atoms with Gasteiger partial charge < -0.3 is 5.32 Å². The van der Waals surface area contributed by atoms with Crippen LogP contribution in [0.25, 0.3) is 0 Å². The van der Waals surface area contributed by atoms with E-state index in [-0.39, 0.29) is 17.1 Å². The fraction of sp³-hybridized carbons (Fsp3) is 0.240. The normalized spacial score (nSPS) is 22.2. The Morgan fingerprint density at radius 2 is 1.59 bits per heavy atom. The second-order valence-electron chi connectivity index (χ2n) is 8.64. The zero-order chi connectivity index (χ0) is 24.3. The summed E-state index contributed by atoms with van der Waals surface area (Å²) in [5.74, 6) is -1.00. The topological polar surface area (TPSA) is 66.5 Å². The largest absolute Gasteiger partial charge is 0.416 e. The van der Waals surface area contributed by atoms with E-state index in [0.29, 0.717) is 16.9 Å². The maximum atomic E-state index is 13.8. The zero-order valence-corrected chi connectivity index (χ0v) is 18.9. The van der Waals surface area contributed by atoms with Crippen molar-refractivity contribution in [2.24, 2.45) is 0 Å². The Hall–Kier alpha value is -3.33. The first-order valence-electron chi connectivity index (χ1n) is 10.7. The number of carbonyl (C=O) groups excluding carboxylic acids is 1. The van der Waals surface area contributed by atoms with E-state index in [0.717, 1.165) is 17.7 Å². The van der Waals surface area contributed by atoms with E-state index < -0.39 is 39.8 Å². The number of ketones is 1. The molecule has 34 heavy (non-hydrogen) atoms. The molecule has 1 N–H and O–H groups in total. The van der Waals surface area contributed by atoms with Gasteiger partial charge in [-0.05, 0) is 48.9 Å². The highest BCUT2D eigenvalue weighted by Crippen LogP contribution is 2.46. The van der Waals surface area contributed by atoms with Gasteiger partial charge in [-0.1, -0.05) is 42.0 Å². The van der Waals surface area contributed by atoms with Gasteiger partial charge in [-0.25, -0.2) is 8.42 Å². The first kappa shape index (κ1) is 22.5. The number of sulfonamides is 1. The lowest BCUT2D eigenvalue weighted by molar-refractivity contribution is -0.137. The predicted octanol–water partition coefficient (Wildman–Crippen LogP) is 5.13. The Bertz CT molecular complexity index is 1350. The Kier molecular flexibility index (Phi) is 5.20. The first-order valence-corrected chi connectivity index (χ1v) is 12.2. The Morgan fingerprint density at radius 3 is 2.24 bits per heavy atom. The van der Waals surface area contributed by atoms with Crippen molar-refractivity contribution >= 4 is 27.2 Å². The third-order valence-corrected chi connectivity index (χ3v) is 8.32. The van der Waals surface area contributed by atoms with E-state index in [1.807, 2.05) is 6.92 Å². The Balaban J connectivity index is 1.59. The third kappa shape index (κ3) is 3.64. The molecule has 3 unspecified atom stereocenters. The van der Waals surface area contributed by atoms with Gasteiger partial charge in [0.1, 0.15) is 5.78 Å². The summed E-state index contributed by atoms with van der Waals surface area (Å²) < 4.78 is 67.9. The minimum atomic E-state index is -4.48. The molecule has 0 bridgehead atoms. The quantitative estimate of drug-likeness (QED) is 0.558. The molecule has 176 valence electrons. The van der Waals surface area contributed by atoms with Crippen LogP contribution in [-0.2, 0) is 21.0 Å². The fourth-order valence-corrected chi connectivity index (χ4v) is 6.53. The van der Waals surface area contributed by atoms with Crippen molar-refractivity contribution in [3.05, 3.63) is 89.5 Å². The number of fused-ring (bicyclic) bond motifs is 2. The van der Waals surface area contributed by atoms with Crippen LogP contribution in [0.15, 0.2) is 77.7 Å². The molecule has 0 spiro atoms. The van der Waals surface area contributed by atoms with Crippen LogP contribution in [0.4, 0.5) is 24.5 Å². The van der Waals surface area contributed by atoms with Crippen LogP contribution >= 0.6 is 0 Å². The van der Waals surface area contributed by atoms with E-state index >= 15 is 0 Å². The van der Waals surface area contributed by atoms with E-state index in [2.05, 4.69) is 5.32 Å². The number of para-hydroxylation sites is 2. The van der Waals surface area contributed by atoms with Gasteiger partial charge in [0.2, 0.25) is 0 Å². The van der Waals surface area contributed by atoms with Gasteiger partial charge >= 0.3 is 6.18 Å². The zero-order valence-electron chi connectivity index (χ0n) is 18.1. The Labute approximate surface area is 195 Å². The van der Waals surface area contributed by atoms with Crippen LogP contribution in [0.1, 0.15) is 29.0 Å². The summed E-state index contributed by atoms with van der Waals surface area (Å²) in [6, 6.07) is 16.5. The molecule has 2 aliphatic rings. The SMILES string of the molecule is Cc1ccc(S(=O)(=O)N2c3ccccc3NC3C(c4ccc(C(F)(F)F)cc4)C(=O)CC32)cc1. The number of halogens is 3. The van der Waals surface area contributed by atoms with Gasteiger partial charge in [0.25, 0.3) is 10.0 Å². The minimum absolute atomic E-state index is 0.0528. The van der Waals surface area contributed by atoms with Crippen molar-refractivity contribution in [3.8, 4) is 0 Å². The minimum Gasteiger partial charge on any atom is -0.377 e. The number of anilines is 2. The molecule has 5 rings (SSSR count). The molecule has 9 heteroatoms. The van der Waals surface area contributed by atoms with Crippen molar-refractivity contribution in [3.63, 3.8) is 0 Å². The molecule has 1 saturated carbocycles. The van der Waals surface area contributed by atoms with Crippen molar-refractivity contribution in [2.75, 3.05) is 9.62 Å². The van der Waals surface area contributed by atoms with Crippen LogP contribution in [-0.4, -0.2) is 26.3 Å². The molecule has 3 aromatic rings. The number of aryl methyl sites for hydroxylation is 1. The van der Waals surface area contributed by atoms with Gasteiger partial charge in [-0.3, -0.25) is 9.10 Å². The molecule has 0 saturated heterocycles. The highest BCUT2D eigenvalue weighted by Gasteiger charge is 2.52. The Morgan fingerprint density at radius 1 is 0.941 bits per heavy atom. The molecular formula is C25H21F3N2O3S. The summed E-state index contributed by atoms with van der Waals surface area (Å²) in [6.45, 7) is 1.86. The van der Waals surface area contributed by atoms with E-state index in [9.17, 15) is 26.4 Å². The average Bonchev–Trinajstić information content (AvgIpc) is 3.12. The number of Topliss-reactive ketones (excluding diaryl/α,β-unsaturated/α-hetero) is 1. The lowest BCUT2D eigenvalue weighted by Gasteiger charge is -2.41. The molecule has 5 nitrogen and oxygen atoms in total. The van der Waals surface area contributed by atoms with Crippen molar-refractivity contribution in [1.82, 2.24) is 0 Å². The van der Waals surface area contributed by atoms with Crippen LogP contribution in [0.2, 0.25) is 0 Å². The molecule has 3 aromatic carbocycles. The summed E-state index contributed by atoms with van der Waals surface area (Å²) in [6.07, 6.45) is -4.54. The number of carbonyl (C=O) groups is 1. The predicted molar refractivity (Wildman–Crippen MR) is 122 cm³/mol. The van der Waals surface area contributed by atoms with Crippen LogP contribution in [0, 0.1) is 6.92 Å². The van der Waals surface area contributed by atoms with Crippen LogP contribution in [0.3, 0.4) is 0 Å². The summed E-state index contributed by atoms with van der Waals surface area (Å²) in [5.41, 5.74) is 1.51. The summed E-state index contributed by atoms with van der Waals surface area (Å²) in [7, 11) is -4.01. The summed E-state index contributed by atoms with van der Waals surface area (Å²) >= 11 is 0. The highest BCUT2D eigenvalue weighted by molar-refractivity contribution is 7.92. The maximum absolute atomic E-state index is 13.8. The fourth-order valence-electron chi connectivity index (χ4n) is 4.84. The van der Waals surface area contributed by atoms with E-state index in [1.165, 1.54) is 28.6 Å². The average molecular weight is 487 g/mol. The van der Waals surface area contributed by atoms with Crippen LogP contribution < -0.4 is 9.62 Å². The van der Waals surface area contributed by atoms with Gasteiger partial charge in [0.05, 0.1) is 39.8 Å². The highest BCUT2D eigenvalue weighted by atomic mass is 32.2. The van der Waals surface area contributed by atoms with Crippen molar-refractivity contribution < 1.29 is 26.4 Å². The molecule has 3 atom stereocenters. The number of hydrogen-bond donors (Lipinski definition) is 1. The number of nitrogens with zero attached hydrogens (tertiary/aromatic N) is 1. The third-order valence-electron chi connectivity index (χ3n) is 6.47. The van der Waals surface area contributed by atoms with E-state index in [1.54, 1.807) is 36.4 Å². The van der Waals surface area contributed by atoms with Gasteiger partial charge in [-0.15, -0.1) is 0 Å². The van der Waals surface area contributed by atoms with Crippen molar-refractivity contribution in [2.45, 2.75) is 42.4 Å². The summed E-state index contributed by atoms with van der Waals surface area (Å²) in [5, 5.41) is 3.30. The molecule has 1 aliphatic carbocycles. The standard InChI is InChI=1S/C25H21F3N2O3S/c1-15-6-12-18(13-7-15)34(32,33)30-20-5-3-2-4-19(20)29-24-21(30)14-22(31)23(24)16-8-10-17(11-9-16)25(26,27)28/h2-13,21,23-24,29H,14H2,1H3. The monoisotopic (exact) mass is 486 g/mol. The molecule has 1 aliphatic heterocycles. The maximum Gasteiger partial charge on any atom is 0.416 e. The first-order chi connectivity index (χ1) is 16.1. The number of benzene rings is 3. The molecule has 1 heterocycles. The van der Waals surface area contributed by atoms with Gasteiger partial charge in [-0.2, -0.15) is 13.2 Å². The van der Waals surface area contributed by atoms with E-state index in [4.69, 9.17) is 0 Å². The summed E-state index contributed by atoms with van der Waals surface area (Å²) in [4.78, 5) is 13.3. The van der Waals surface area contributed by atoms with Gasteiger partial charge in [0.15, 0.2) is 0 Å². The lowest BCUT2D eigenvalue weighted by Crippen LogP contribution is -2.52. The van der Waals surface area contributed by atoms with Gasteiger partial charge in [0, 0.05) is 6.42 Å². The lowest BCUT2D eigenvalue weighted by atomic mass is 9.90. The molecule has 0 aromatic heterocycles. The number of hydrogen-bond acceptors (Lipinski definition) is 4. The smallest absolute Gasteiger partial charge is 0.377 e. The molecule has 0 radical (unpaired) electrons. The molecule has 1 fully saturated rings. The van der Waals surface area contributed by atoms with Crippen molar-refractivity contribution in [1.29, 1.82) is 0 Å². The molecular weight excluding hydrogens is 465 g/mol. The van der Waals surface area contributed by atoms with Crippen LogP contribution in [0.5, 0.6) is 0 Å². The second kappa shape index (κ2) is 7.87.